The molecule has 0 radical (unpaired) electrons. The first-order valence-electron chi connectivity index (χ1n) is 13.9. The minimum atomic E-state index is -2.00. The molecule has 0 bridgehead atoms. The molecular weight excluding hydrogens is 536 g/mol. The van der Waals surface area contributed by atoms with Gasteiger partial charge in [-0.25, -0.2) is 0 Å². The Labute approximate surface area is 234 Å². The summed E-state index contributed by atoms with van der Waals surface area (Å²) in [5, 5.41) is 0.833. The van der Waals surface area contributed by atoms with Gasteiger partial charge in [0.15, 0.2) is 0 Å². The van der Waals surface area contributed by atoms with Crippen molar-refractivity contribution in [1.82, 2.24) is 0 Å². The molecule has 0 amide bonds. The largest absolute Gasteiger partial charge is 0.543 e. The van der Waals surface area contributed by atoms with Gasteiger partial charge in [0, 0.05) is 11.2 Å². The number of hydrogen-bond acceptors (Lipinski definition) is 2. The van der Waals surface area contributed by atoms with Crippen LogP contribution in [0.5, 0.6) is 11.5 Å². The maximum absolute atomic E-state index is 7.08. The van der Waals surface area contributed by atoms with Crippen LogP contribution in [0.3, 0.4) is 0 Å². The van der Waals surface area contributed by atoms with Crippen LogP contribution in [0, 0.1) is 0 Å². The van der Waals surface area contributed by atoms with Gasteiger partial charge in [-0.15, -0.1) is 0 Å². The second kappa shape index (κ2) is 12.2. The molecular formula is C33H43BrO2Si. The lowest BCUT2D eigenvalue weighted by molar-refractivity contribution is 0.345. The molecule has 2 nitrogen and oxygen atoms in total. The van der Waals surface area contributed by atoms with Gasteiger partial charge in [0.25, 0.3) is 8.32 Å². The number of rotatable bonds is 10. The van der Waals surface area contributed by atoms with Gasteiger partial charge < -0.3 is 9.16 Å². The number of benzene rings is 3. The Hall–Kier alpha value is -2.04. The van der Waals surface area contributed by atoms with Crippen molar-refractivity contribution >= 4 is 24.2 Å². The Morgan fingerprint density at radius 1 is 0.784 bits per heavy atom. The standard InChI is InChI=1S/C33H43BrO2Si/c1-23(2)37(24(3)4,25(5)6)36-30-17-19-32-28(22-30)14-18-31(26-10-8-7-9-11-26)33(32)27-12-15-29(16-13-27)35-21-20-34/h7-13,15-17,19,22-25,31,33H,14,18,20-21H2,1-6H3/t31-,33+/m0/s1. The van der Waals surface area contributed by atoms with Gasteiger partial charge in [0.05, 0.1) is 6.61 Å². The van der Waals surface area contributed by atoms with Gasteiger partial charge >= 0.3 is 0 Å². The van der Waals surface area contributed by atoms with Gasteiger partial charge in [-0.3, -0.25) is 0 Å². The second-order valence-electron chi connectivity index (χ2n) is 11.4. The fraction of sp³-hybridized carbons (Fsp3) is 0.455. The van der Waals surface area contributed by atoms with Crippen molar-refractivity contribution in [2.24, 2.45) is 0 Å². The highest BCUT2D eigenvalue weighted by molar-refractivity contribution is 9.09. The molecule has 2 atom stereocenters. The molecule has 37 heavy (non-hydrogen) atoms. The lowest BCUT2D eigenvalue weighted by Gasteiger charge is -2.42. The molecule has 0 N–H and O–H groups in total. The van der Waals surface area contributed by atoms with Crippen LogP contribution in [0.2, 0.25) is 16.6 Å². The highest BCUT2D eigenvalue weighted by Gasteiger charge is 2.47. The molecule has 0 aliphatic heterocycles. The third-order valence-corrected chi connectivity index (χ3v) is 14.7. The predicted octanol–water partition coefficient (Wildman–Crippen LogP) is 9.88. The van der Waals surface area contributed by atoms with Crippen LogP contribution in [0.1, 0.15) is 82.1 Å². The number of aryl methyl sites for hydroxylation is 1. The Balaban J connectivity index is 1.73. The van der Waals surface area contributed by atoms with Gasteiger partial charge in [-0.2, -0.15) is 0 Å². The van der Waals surface area contributed by atoms with Crippen LogP contribution >= 0.6 is 15.9 Å². The summed E-state index contributed by atoms with van der Waals surface area (Å²) < 4.78 is 12.9. The Morgan fingerprint density at radius 2 is 1.41 bits per heavy atom. The summed E-state index contributed by atoms with van der Waals surface area (Å²) >= 11 is 3.45. The molecule has 3 aromatic carbocycles. The molecule has 4 heteroatoms. The van der Waals surface area contributed by atoms with Gasteiger partial charge in [-0.05, 0) is 81.9 Å². The fourth-order valence-corrected chi connectivity index (χ4v) is 12.2. The average molecular weight is 580 g/mol. The summed E-state index contributed by atoms with van der Waals surface area (Å²) in [5.74, 6) is 2.76. The molecule has 0 fully saturated rings. The second-order valence-corrected chi connectivity index (χ2v) is 17.6. The Kier molecular flexibility index (Phi) is 9.23. The molecule has 0 unspecified atom stereocenters. The maximum atomic E-state index is 7.08. The maximum Gasteiger partial charge on any atom is 0.258 e. The quantitative estimate of drug-likeness (QED) is 0.176. The lowest BCUT2D eigenvalue weighted by atomic mass is 9.69. The number of hydrogen-bond donors (Lipinski definition) is 0. The van der Waals surface area contributed by atoms with Crippen molar-refractivity contribution in [1.29, 1.82) is 0 Å². The van der Waals surface area contributed by atoms with Gasteiger partial charge in [0.1, 0.15) is 11.5 Å². The monoisotopic (exact) mass is 578 g/mol. The average Bonchev–Trinajstić information content (AvgIpc) is 2.90. The zero-order valence-corrected chi connectivity index (χ0v) is 25.9. The minimum Gasteiger partial charge on any atom is -0.543 e. The predicted molar refractivity (Wildman–Crippen MR) is 163 cm³/mol. The SMILES string of the molecule is CC(C)[Si](Oc1ccc2c(c1)CC[C@@H](c1ccccc1)[C@H]2c1ccc(OCCBr)cc1)(C(C)C)C(C)C. The van der Waals surface area contributed by atoms with E-state index in [4.69, 9.17) is 9.16 Å². The molecule has 0 heterocycles. The highest BCUT2D eigenvalue weighted by Crippen LogP contribution is 2.48. The summed E-state index contributed by atoms with van der Waals surface area (Å²) in [4.78, 5) is 0. The van der Waals surface area contributed by atoms with Crippen molar-refractivity contribution in [2.45, 2.75) is 82.8 Å². The van der Waals surface area contributed by atoms with E-state index in [2.05, 4.69) is 130 Å². The smallest absolute Gasteiger partial charge is 0.258 e. The number of halogens is 1. The normalized spacial score (nSPS) is 17.8. The fourth-order valence-electron chi connectivity index (χ4n) is 6.82. The van der Waals surface area contributed by atoms with E-state index in [1.807, 2.05) is 0 Å². The van der Waals surface area contributed by atoms with E-state index in [0.717, 1.165) is 29.7 Å². The van der Waals surface area contributed by atoms with E-state index in [1.54, 1.807) is 0 Å². The van der Waals surface area contributed by atoms with Crippen molar-refractivity contribution in [3.05, 3.63) is 95.1 Å². The van der Waals surface area contributed by atoms with E-state index in [-0.39, 0.29) is 0 Å². The first-order chi connectivity index (χ1) is 17.8. The molecule has 0 aromatic heterocycles. The van der Waals surface area contributed by atoms with E-state index >= 15 is 0 Å². The van der Waals surface area contributed by atoms with Crippen LogP contribution in [-0.2, 0) is 6.42 Å². The van der Waals surface area contributed by atoms with Gasteiger partial charge in [0.2, 0.25) is 0 Å². The third-order valence-electron chi connectivity index (χ3n) is 8.39. The van der Waals surface area contributed by atoms with Crippen LogP contribution in [0.25, 0.3) is 0 Å². The summed E-state index contributed by atoms with van der Waals surface area (Å²) in [7, 11) is -2.00. The van der Waals surface area contributed by atoms with E-state index < -0.39 is 8.32 Å². The zero-order valence-electron chi connectivity index (χ0n) is 23.3. The van der Waals surface area contributed by atoms with Crippen LogP contribution in [-0.4, -0.2) is 20.3 Å². The molecule has 0 spiro atoms. The Morgan fingerprint density at radius 3 is 2.00 bits per heavy atom. The Bertz CT molecular complexity index is 1120. The molecule has 1 aliphatic carbocycles. The number of alkyl halides is 1. The summed E-state index contributed by atoms with van der Waals surface area (Å²) in [6.07, 6.45) is 2.21. The highest BCUT2D eigenvalue weighted by atomic mass is 79.9. The summed E-state index contributed by atoms with van der Waals surface area (Å²) in [6, 6.07) is 26.8. The molecule has 198 valence electrons. The van der Waals surface area contributed by atoms with Crippen molar-refractivity contribution in [2.75, 3.05) is 11.9 Å². The molecule has 0 saturated carbocycles. The van der Waals surface area contributed by atoms with Crippen LogP contribution < -0.4 is 9.16 Å². The third kappa shape index (κ3) is 5.86. The van der Waals surface area contributed by atoms with Crippen molar-refractivity contribution in [3.8, 4) is 11.5 Å². The van der Waals surface area contributed by atoms with E-state index in [1.165, 1.54) is 22.3 Å². The van der Waals surface area contributed by atoms with Crippen molar-refractivity contribution < 1.29 is 9.16 Å². The molecule has 1 aliphatic rings. The molecule has 4 rings (SSSR count). The van der Waals surface area contributed by atoms with Crippen LogP contribution in [0.4, 0.5) is 0 Å². The molecule has 3 aromatic rings. The first-order valence-corrected chi connectivity index (χ1v) is 17.2. The zero-order chi connectivity index (χ0) is 26.6. The lowest BCUT2D eigenvalue weighted by Crippen LogP contribution is -2.50. The minimum absolute atomic E-state index is 0.313. The summed E-state index contributed by atoms with van der Waals surface area (Å²) in [5.41, 5.74) is 7.33. The van der Waals surface area contributed by atoms with Crippen LogP contribution in [0.15, 0.2) is 72.8 Å². The first kappa shape index (κ1) is 28.0. The topological polar surface area (TPSA) is 18.5 Å². The van der Waals surface area contributed by atoms with Gasteiger partial charge in [-0.1, -0.05) is 106 Å². The molecule has 0 saturated heterocycles. The van der Waals surface area contributed by atoms with E-state index in [0.29, 0.717) is 35.1 Å². The number of ether oxygens (including phenoxy) is 1. The number of fused-ring (bicyclic) bond motifs is 1. The van der Waals surface area contributed by atoms with Crippen molar-refractivity contribution in [3.63, 3.8) is 0 Å². The summed E-state index contributed by atoms with van der Waals surface area (Å²) in [6.45, 7) is 14.8. The van der Waals surface area contributed by atoms with E-state index in [9.17, 15) is 0 Å².